The first-order valence-electron chi connectivity index (χ1n) is 2.59. The van der Waals surface area contributed by atoms with Crippen LogP contribution in [0.5, 0.6) is 0 Å². The Hall–Kier alpha value is 0.210. The average Bonchev–Trinajstić information content (AvgIpc) is 1.65. The molecule has 1 amide bonds. The molecule has 0 aromatic carbocycles. The minimum atomic E-state index is -0.111. The number of hydrogen-bond donors (Lipinski definition) is 1. The van der Waals surface area contributed by atoms with Gasteiger partial charge in [0, 0.05) is 35.6 Å². The van der Waals surface area contributed by atoms with Crippen molar-refractivity contribution in [1.82, 2.24) is 5.32 Å². The van der Waals surface area contributed by atoms with Gasteiger partial charge in [0.2, 0.25) is 5.91 Å². The molecule has 0 heterocycles. The van der Waals surface area contributed by atoms with Gasteiger partial charge in [0.25, 0.3) is 0 Å². The smallest absolute Gasteiger partial charge is 0.243 e. The third kappa shape index (κ3) is 8.21. The van der Waals surface area contributed by atoms with E-state index >= 15 is 0 Å². The van der Waals surface area contributed by atoms with Crippen LogP contribution in [0, 0.1) is 0 Å². The van der Waals surface area contributed by atoms with Gasteiger partial charge in [-0.2, -0.15) is 0 Å². The van der Waals surface area contributed by atoms with Crippen molar-refractivity contribution < 1.29 is 4.79 Å². The number of amides is 1. The Balaban J connectivity index is 0. The summed E-state index contributed by atoms with van der Waals surface area (Å²) in [5, 5.41) is 2.64. The summed E-state index contributed by atoms with van der Waals surface area (Å²) in [6.07, 6.45) is 1.26. The molecular weight excluding hydrogens is 125 g/mol. The maximum absolute atomic E-state index is 10.4. The van der Waals surface area contributed by atoms with E-state index in [0.717, 1.165) is 0 Å². The largest absolute Gasteiger partial charge is 0.350 e. The van der Waals surface area contributed by atoms with Crippen LogP contribution in [-0.2, 0) is 4.79 Å². The van der Waals surface area contributed by atoms with Gasteiger partial charge >= 0.3 is 0 Å². The van der Waals surface area contributed by atoms with E-state index < -0.39 is 0 Å². The first-order valence-corrected chi connectivity index (χ1v) is 2.59. The molecule has 0 fully saturated rings. The molecule has 0 atom stereocenters. The SMILES string of the molecule is C=CC(=O)NC(C)C.[Na]. The Morgan fingerprint density at radius 3 is 2.22 bits per heavy atom. The van der Waals surface area contributed by atoms with Crippen molar-refractivity contribution in [2.24, 2.45) is 0 Å². The summed E-state index contributed by atoms with van der Waals surface area (Å²) in [6.45, 7) is 7.11. The van der Waals surface area contributed by atoms with Crippen LogP contribution in [0.15, 0.2) is 12.7 Å². The predicted molar refractivity (Wildman–Crippen MR) is 39.2 cm³/mol. The van der Waals surface area contributed by atoms with Crippen molar-refractivity contribution in [2.75, 3.05) is 0 Å². The zero-order chi connectivity index (χ0) is 6.57. The Morgan fingerprint density at radius 2 is 2.11 bits per heavy atom. The van der Waals surface area contributed by atoms with Crippen molar-refractivity contribution >= 4 is 35.5 Å². The van der Waals surface area contributed by atoms with Crippen molar-refractivity contribution in [3.8, 4) is 0 Å². The Morgan fingerprint density at radius 1 is 1.67 bits per heavy atom. The molecule has 2 nitrogen and oxygen atoms in total. The Labute approximate surface area is 78.0 Å². The van der Waals surface area contributed by atoms with Crippen molar-refractivity contribution in [1.29, 1.82) is 0 Å². The van der Waals surface area contributed by atoms with E-state index in [4.69, 9.17) is 0 Å². The second-order valence-electron chi connectivity index (χ2n) is 1.87. The molecule has 0 bridgehead atoms. The zero-order valence-corrected chi connectivity index (χ0v) is 8.27. The molecule has 0 aliphatic heterocycles. The van der Waals surface area contributed by atoms with E-state index in [1.165, 1.54) is 6.08 Å². The van der Waals surface area contributed by atoms with Gasteiger partial charge in [0.15, 0.2) is 0 Å². The summed E-state index contributed by atoms with van der Waals surface area (Å²) in [5.74, 6) is -0.111. The number of rotatable bonds is 2. The van der Waals surface area contributed by atoms with Crippen LogP contribution in [-0.4, -0.2) is 41.5 Å². The molecule has 0 saturated carbocycles. The van der Waals surface area contributed by atoms with Crippen molar-refractivity contribution in [3.05, 3.63) is 12.7 Å². The van der Waals surface area contributed by atoms with Crippen LogP contribution in [0.4, 0.5) is 0 Å². The van der Waals surface area contributed by atoms with E-state index in [9.17, 15) is 4.79 Å². The fraction of sp³-hybridized carbons (Fsp3) is 0.500. The van der Waals surface area contributed by atoms with Crippen LogP contribution in [0.3, 0.4) is 0 Å². The van der Waals surface area contributed by atoms with Crippen molar-refractivity contribution in [3.63, 3.8) is 0 Å². The van der Waals surface area contributed by atoms with Crippen LogP contribution in [0.1, 0.15) is 13.8 Å². The fourth-order valence-electron chi connectivity index (χ4n) is 0.343. The minimum Gasteiger partial charge on any atom is -0.350 e. The molecule has 47 valence electrons. The molecule has 9 heavy (non-hydrogen) atoms. The quantitative estimate of drug-likeness (QED) is 0.430. The molecule has 0 rings (SSSR count). The minimum absolute atomic E-state index is 0. The average molecular weight is 136 g/mol. The van der Waals surface area contributed by atoms with Crippen LogP contribution in [0.25, 0.3) is 0 Å². The van der Waals surface area contributed by atoms with Gasteiger partial charge in [0.1, 0.15) is 0 Å². The van der Waals surface area contributed by atoms with Crippen molar-refractivity contribution in [2.45, 2.75) is 19.9 Å². The Kier molecular flexibility index (Phi) is 8.40. The third-order valence-electron chi connectivity index (χ3n) is 0.616. The summed E-state index contributed by atoms with van der Waals surface area (Å²) in [7, 11) is 0. The standard InChI is InChI=1S/C6H11NO.Na/c1-4-6(8)7-5(2)3;/h4-5H,1H2,2-3H3,(H,7,8);. The summed E-state index contributed by atoms with van der Waals surface area (Å²) < 4.78 is 0. The van der Waals surface area contributed by atoms with Gasteiger partial charge in [-0.15, -0.1) is 0 Å². The van der Waals surface area contributed by atoms with Crippen LogP contribution < -0.4 is 5.32 Å². The number of carbonyl (C=O) groups excluding carboxylic acids is 1. The first kappa shape index (κ1) is 11.9. The van der Waals surface area contributed by atoms with Gasteiger partial charge < -0.3 is 5.32 Å². The van der Waals surface area contributed by atoms with Gasteiger partial charge in [-0.25, -0.2) is 0 Å². The maximum Gasteiger partial charge on any atom is 0.243 e. The fourth-order valence-corrected chi connectivity index (χ4v) is 0.343. The van der Waals surface area contributed by atoms with Gasteiger partial charge in [0.05, 0.1) is 0 Å². The molecule has 0 saturated heterocycles. The topological polar surface area (TPSA) is 29.1 Å². The molecule has 0 spiro atoms. The summed E-state index contributed by atoms with van der Waals surface area (Å²) in [5.41, 5.74) is 0. The molecular formula is C6H11NNaO. The van der Waals surface area contributed by atoms with Crippen LogP contribution in [0.2, 0.25) is 0 Å². The number of nitrogens with one attached hydrogen (secondary N) is 1. The van der Waals surface area contributed by atoms with E-state index in [0.29, 0.717) is 0 Å². The van der Waals surface area contributed by atoms with E-state index in [1.54, 1.807) is 0 Å². The predicted octanol–water partition coefficient (Wildman–Crippen LogP) is 0.316. The number of hydrogen-bond acceptors (Lipinski definition) is 1. The van der Waals surface area contributed by atoms with Gasteiger partial charge in [-0.3, -0.25) is 4.79 Å². The molecule has 0 aromatic heterocycles. The summed E-state index contributed by atoms with van der Waals surface area (Å²) in [4.78, 5) is 10.4. The third-order valence-corrected chi connectivity index (χ3v) is 0.616. The van der Waals surface area contributed by atoms with Crippen LogP contribution >= 0.6 is 0 Å². The molecule has 3 heteroatoms. The number of carbonyl (C=O) groups is 1. The van der Waals surface area contributed by atoms with E-state index in [2.05, 4.69) is 11.9 Å². The second-order valence-corrected chi connectivity index (χ2v) is 1.87. The first-order chi connectivity index (χ1) is 3.66. The summed E-state index contributed by atoms with van der Waals surface area (Å²) >= 11 is 0. The Bertz CT molecular complexity index is 101. The molecule has 0 aromatic rings. The molecule has 1 N–H and O–H groups in total. The normalized spacial score (nSPS) is 7.89. The monoisotopic (exact) mass is 136 g/mol. The zero-order valence-electron chi connectivity index (χ0n) is 6.27. The molecule has 0 aliphatic carbocycles. The van der Waals surface area contributed by atoms with Gasteiger partial charge in [-0.1, -0.05) is 6.58 Å². The van der Waals surface area contributed by atoms with E-state index in [1.807, 2.05) is 13.8 Å². The maximum atomic E-state index is 10.4. The second kappa shape index (κ2) is 6.33. The summed E-state index contributed by atoms with van der Waals surface area (Å²) in [6, 6.07) is 0.209. The molecule has 0 unspecified atom stereocenters. The molecule has 0 aliphatic rings. The molecule has 1 radical (unpaired) electrons. The van der Waals surface area contributed by atoms with Gasteiger partial charge in [-0.05, 0) is 19.9 Å². The van der Waals surface area contributed by atoms with E-state index in [-0.39, 0.29) is 41.5 Å².